The minimum atomic E-state index is -0.376. The van der Waals surface area contributed by atoms with E-state index in [0.29, 0.717) is 28.2 Å². The van der Waals surface area contributed by atoms with Crippen LogP contribution in [0.4, 0.5) is 10.1 Å². The first-order valence-electron chi connectivity index (χ1n) is 7.20. The number of fused-ring (bicyclic) bond motifs is 2. The zero-order valence-electron chi connectivity index (χ0n) is 11.5. The lowest BCUT2D eigenvalue weighted by Crippen LogP contribution is -2.56. The Morgan fingerprint density at radius 3 is 2.20 bits per heavy atom. The van der Waals surface area contributed by atoms with Gasteiger partial charge in [0.15, 0.2) is 0 Å². The highest BCUT2D eigenvalue weighted by Crippen LogP contribution is 2.44. The molecular weight excluding hydrogens is 298 g/mol. The zero-order valence-corrected chi connectivity index (χ0v) is 13.0. The van der Waals surface area contributed by atoms with Crippen molar-refractivity contribution in [1.82, 2.24) is 5.32 Å². The maximum Gasteiger partial charge on any atom is 0.126 e. The first-order chi connectivity index (χ1) is 9.60. The van der Waals surface area contributed by atoms with Crippen LogP contribution in [0.5, 0.6) is 0 Å². The fourth-order valence-corrected chi connectivity index (χ4v) is 4.42. The second kappa shape index (κ2) is 5.70. The standard InChI is InChI=1S/C15H19Cl2FN2/c1-19-10-7-11-3-2-4-12(8-10)20(11)15-13(16)5-9(18)6-14(15)17/h5-6,10-12,19H,2-4,7-8H2,1H3. The summed E-state index contributed by atoms with van der Waals surface area (Å²) in [6.07, 6.45) is 5.74. The second-order valence-corrected chi connectivity index (χ2v) is 6.64. The summed E-state index contributed by atoms with van der Waals surface area (Å²) in [5, 5.41) is 4.24. The zero-order chi connectivity index (χ0) is 14.3. The van der Waals surface area contributed by atoms with E-state index in [2.05, 4.69) is 10.2 Å². The van der Waals surface area contributed by atoms with Crippen LogP contribution in [0.1, 0.15) is 32.1 Å². The summed E-state index contributed by atoms with van der Waals surface area (Å²) in [5.74, 6) is -0.376. The lowest BCUT2D eigenvalue weighted by Gasteiger charge is -2.50. The van der Waals surface area contributed by atoms with Gasteiger partial charge in [0.25, 0.3) is 0 Å². The van der Waals surface area contributed by atoms with E-state index < -0.39 is 0 Å². The van der Waals surface area contributed by atoms with Crippen LogP contribution in [0.3, 0.4) is 0 Å². The van der Waals surface area contributed by atoms with Crippen molar-refractivity contribution in [2.24, 2.45) is 0 Å². The molecule has 0 amide bonds. The van der Waals surface area contributed by atoms with Gasteiger partial charge in [0.2, 0.25) is 0 Å². The Labute approximate surface area is 129 Å². The molecule has 2 bridgehead atoms. The lowest BCUT2D eigenvalue weighted by atomic mass is 9.81. The summed E-state index contributed by atoms with van der Waals surface area (Å²) in [7, 11) is 2.02. The smallest absolute Gasteiger partial charge is 0.126 e. The molecule has 1 aromatic rings. The third kappa shape index (κ3) is 2.51. The molecule has 20 heavy (non-hydrogen) atoms. The van der Waals surface area contributed by atoms with E-state index in [1.54, 1.807) is 0 Å². The summed E-state index contributed by atoms with van der Waals surface area (Å²) < 4.78 is 13.4. The number of halogens is 3. The van der Waals surface area contributed by atoms with Crippen molar-refractivity contribution in [1.29, 1.82) is 0 Å². The number of piperidine rings is 2. The Morgan fingerprint density at radius 1 is 1.15 bits per heavy atom. The molecule has 0 radical (unpaired) electrons. The maximum absolute atomic E-state index is 13.4. The molecule has 2 heterocycles. The molecular formula is C15H19Cl2FN2. The molecule has 0 aliphatic carbocycles. The summed E-state index contributed by atoms with van der Waals surface area (Å²) in [5.41, 5.74) is 0.819. The third-order valence-electron chi connectivity index (χ3n) is 4.62. The Kier molecular flexibility index (Phi) is 4.11. The van der Waals surface area contributed by atoms with Crippen LogP contribution < -0.4 is 10.2 Å². The highest BCUT2D eigenvalue weighted by molar-refractivity contribution is 6.39. The van der Waals surface area contributed by atoms with Crippen LogP contribution in [-0.2, 0) is 0 Å². The van der Waals surface area contributed by atoms with Crippen molar-refractivity contribution in [3.05, 3.63) is 28.0 Å². The van der Waals surface area contributed by atoms with Gasteiger partial charge in [-0.05, 0) is 51.3 Å². The predicted molar refractivity (Wildman–Crippen MR) is 82.4 cm³/mol. The van der Waals surface area contributed by atoms with Gasteiger partial charge in [-0.3, -0.25) is 0 Å². The number of anilines is 1. The van der Waals surface area contributed by atoms with Gasteiger partial charge in [0, 0.05) is 18.1 Å². The summed E-state index contributed by atoms with van der Waals surface area (Å²) in [6.45, 7) is 0. The maximum atomic E-state index is 13.4. The number of nitrogens with one attached hydrogen (secondary N) is 1. The molecule has 3 rings (SSSR count). The number of nitrogens with zero attached hydrogens (tertiary/aromatic N) is 1. The fourth-order valence-electron chi connectivity index (χ4n) is 3.76. The number of rotatable bonds is 2. The van der Waals surface area contributed by atoms with E-state index in [1.165, 1.54) is 18.6 Å². The molecule has 110 valence electrons. The largest absolute Gasteiger partial charge is 0.363 e. The highest BCUT2D eigenvalue weighted by atomic mass is 35.5. The molecule has 2 fully saturated rings. The summed E-state index contributed by atoms with van der Waals surface area (Å²) in [6, 6.07) is 4.17. The highest BCUT2D eigenvalue weighted by Gasteiger charge is 2.39. The molecule has 5 heteroatoms. The van der Waals surface area contributed by atoms with Gasteiger partial charge in [-0.15, -0.1) is 0 Å². The van der Waals surface area contributed by atoms with Crippen molar-refractivity contribution in [3.63, 3.8) is 0 Å². The third-order valence-corrected chi connectivity index (χ3v) is 5.20. The van der Waals surface area contributed by atoms with Crippen molar-refractivity contribution in [2.75, 3.05) is 11.9 Å². The molecule has 2 aliphatic heterocycles. The predicted octanol–water partition coefficient (Wildman–Crippen LogP) is 4.24. The summed E-state index contributed by atoms with van der Waals surface area (Å²) >= 11 is 12.5. The van der Waals surface area contributed by atoms with Gasteiger partial charge < -0.3 is 10.2 Å². The van der Waals surface area contributed by atoms with Gasteiger partial charge in [-0.2, -0.15) is 0 Å². The molecule has 2 unspecified atom stereocenters. The molecule has 1 aromatic carbocycles. The fraction of sp³-hybridized carbons (Fsp3) is 0.600. The minimum absolute atomic E-state index is 0.376. The van der Waals surface area contributed by atoms with Crippen LogP contribution >= 0.6 is 23.2 Å². The SMILES string of the molecule is CNC1CC2CCCC(C1)N2c1c(Cl)cc(F)cc1Cl. The molecule has 2 nitrogen and oxygen atoms in total. The van der Waals surface area contributed by atoms with Crippen molar-refractivity contribution in [3.8, 4) is 0 Å². The van der Waals surface area contributed by atoms with Gasteiger partial charge in [-0.25, -0.2) is 4.39 Å². The Bertz CT molecular complexity index is 472. The normalized spacial score (nSPS) is 29.6. The number of hydrogen-bond acceptors (Lipinski definition) is 2. The van der Waals surface area contributed by atoms with E-state index in [4.69, 9.17) is 23.2 Å². The minimum Gasteiger partial charge on any atom is -0.363 e. The average Bonchev–Trinajstić information content (AvgIpc) is 2.36. The number of benzene rings is 1. The van der Waals surface area contributed by atoms with E-state index in [9.17, 15) is 4.39 Å². The Hall–Kier alpha value is -0.510. The van der Waals surface area contributed by atoms with Crippen LogP contribution in [-0.4, -0.2) is 25.2 Å². The van der Waals surface area contributed by atoms with Crippen LogP contribution in [0, 0.1) is 5.82 Å². The van der Waals surface area contributed by atoms with Gasteiger partial charge in [-0.1, -0.05) is 23.2 Å². The topological polar surface area (TPSA) is 15.3 Å². The van der Waals surface area contributed by atoms with Gasteiger partial charge >= 0.3 is 0 Å². The first kappa shape index (κ1) is 14.4. The molecule has 2 aliphatic rings. The van der Waals surface area contributed by atoms with Gasteiger partial charge in [0.05, 0.1) is 15.7 Å². The second-order valence-electron chi connectivity index (χ2n) is 5.82. The van der Waals surface area contributed by atoms with Gasteiger partial charge in [0.1, 0.15) is 5.82 Å². The van der Waals surface area contributed by atoms with E-state index in [0.717, 1.165) is 31.4 Å². The molecule has 2 atom stereocenters. The average molecular weight is 317 g/mol. The molecule has 0 saturated carbocycles. The summed E-state index contributed by atoms with van der Waals surface area (Å²) in [4.78, 5) is 2.35. The molecule has 2 saturated heterocycles. The molecule has 0 aromatic heterocycles. The van der Waals surface area contributed by atoms with Crippen LogP contribution in [0.15, 0.2) is 12.1 Å². The molecule has 1 N–H and O–H groups in total. The van der Waals surface area contributed by atoms with Crippen molar-refractivity contribution in [2.45, 2.75) is 50.2 Å². The molecule has 0 spiro atoms. The Balaban J connectivity index is 1.98. The van der Waals surface area contributed by atoms with Crippen LogP contribution in [0.2, 0.25) is 10.0 Å². The monoisotopic (exact) mass is 316 g/mol. The van der Waals surface area contributed by atoms with Crippen LogP contribution in [0.25, 0.3) is 0 Å². The van der Waals surface area contributed by atoms with Crippen molar-refractivity contribution >= 4 is 28.9 Å². The lowest BCUT2D eigenvalue weighted by molar-refractivity contribution is 0.252. The van der Waals surface area contributed by atoms with Crippen molar-refractivity contribution < 1.29 is 4.39 Å². The van der Waals surface area contributed by atoms with E-state index in [-0.39, 0.29) is 5.82 Å². The van der Waals surface area contributed by atoms with E-state index >= 15 is 0 Å². The first-order valence-corrected chi connectivity index (χ1v) is 7.96. The quantitative estimate of drug-likeness (QED) is 0.877. The Morgan fingerprint density at radius 2 is 1.70 bits per heavy atom. The van der Waals surface area contributed by atoms with E-state index in [1.807, 2.05) is 7.05 Å². The number of hydrogen-bond donors (Lipinski definition) is 1.